The Labute approximate surface area is 124 Å². The summed E-state index contributed by atoms with van der Waals surface area (Å²) in [6, 6.07) is 9.07. The molecule has 2 nitrogen and oxygen atoms in total. The second-order valence-electron chi connectivity index (χ2n) is 5.49. The van der Waals surface area contributed by atoms with Crippen molar-refractivity contribution in [2.24, 2.45) is 5.92 Å². The van der Waals surface area contributed by atoms with E-state index >= 15 is 0 Å². The van der Waals surface area contributed by atoms with Crippen LogP contribution in [0.5, 0.6) is 5.75 Å². The van der Waals surface area contributed by atoms with E-state index < -0.39 is 0 Å². The third-order valence-electron chi connectivity index (χ3n) is 3.95. The van der Waals surface area contributed by atoms with Crippen LogP contribution < -0.4 is 10.1 Å². The lowest BCUT2D eigenvalue weighted by molar-refractivity contribution is 0.316. The molecule has 0 bridgehead atoms. The van der Waals surface area contributed by atoms with Gasteiger partial charge in [-0.1, -0.05) is 52.2 Å². The van der Waals surface area contributed by atoms with Crippen LogP contribution in [0.1, 0.15) is 64.5 Å². The van der Waals surface area contributed by atoms with E-state index in [2.05, 4.69) is 57.4 Å². The molecule has 1 aromatic rings. The molecule has 0 spiro atoms. The van der Waals surface area contributed by atoms with E-state index in [1.165, 1.54) is 31.2 Å². The summed E-state index contributed by atoms with van der Waals surface area (Å²) < 4.78 is 5.65. The highest BCUT2D eigenvalue weighted by Gasteiger charge is 2.19. The molecule has 0 aliphatic carbocycles. The van der Waals surface area contributed by atoms with Gasteiger partial charge in [0.05, 0.1) is 6.61 Å². The first-order chi connectivity index (χ1) is 9.76. The Hall–Kier alpha value is -1.02. The summed E-state index contributed by atoms with van der Waals surface area (Å²) in [6.07, 6.45) is 6.16. The van der Waals surface area contributed by atoms with Crippen LogP contribution in [0.4, 0.5) is 0 Å². The minimum absolute atomic E-state index is 0.451. The van der Waals surface area contributed by atoms with Gasteiger partial charge in [-0.3, -0.25) is 0 Å². The average molecular weight is 277 g/mol. The highest BCUT2D eigenvalue weighted by atomic mass is 16.5. The molecule has 20 heavy (non-hydrogen) atoms. The Morgan fingerprint density at radius 3 is 2.25 bits per heavy atom. The fraction of sp³-hybridized carbons (Fsp3) is 0.667. The van der Waals surface area contributed by atoms with Crippen molar-refractivity contribution in [2.45, 2.75) is 58.9 Å². The molecular formula is C18H31NO. The Morgan fingerprint density at radius 1 is 1.05 bits per heavy atom. The molecular weight excluding hydrogens is 246 g/mol. The van der Waals surface area contributed by atoms with Crippen LogP contribution in [0.2, 0.25) is 0 Å². The van der Waals surface area contributed by atoms with Crippen LogP contribution >= 0.6 is 0 Å². The summed E-state index contributed by atoms with van der Waals surface area (Å²) in [5, 5.41) is 3.50. The summed E-state index contributed by atoms with van der Waals surface area (Å²) >= 11 is 0. The zero-order valence-corrected chi connectivity index (χ0v) is 13.6. The molecule has 1 rings (SSSR count). The van der Waals surface area contributed by atoms with Crippen LogP contribution in [0, 0.1) is 5.92 Å². The van der Waals surface area contributed by atoms with Crippen LogP contribution in [-0.2, 0) is 0 Å². The van der Waals surface area contributed by atoms with E-state index in [-0.39, 0.29) is 0 Å². The molecule has 0 aliphatic heterocycles. The average Bonchev–Trinajstić information content (AvgIpc) is 2.50. The summed E-state index contributed by atoms with van der Waals surface area (Å²) in [6.45, 7) is 7.48. The molecule has 2 heteroatoms. The highest BCUT2D eigenvalue weighted by molar-refractivity contribution is 5.29. The molecule has 1 N–H and O–H groups in total. The first-order valence-electron chi connectivity index (χ1n) is 8.16. The predicted molar refractivity (Wildman–Crippen MR) is 87.3 cm³/mol. The van der Waals surface area contributed by atoms with Crippen molar-refractivity contribution in [1.29, 1.82) is 0 Å². The number of unbranched alkanes of at least 4 members (excludes halogenated alkanes) is 1. The summed E-state index contributed by atoms with van der Waals surface area (Å²) in [5.41, 5.74) is 1.37. The molecule has 0 aliphatic rings. The molecule has 1 aromatic carbocycles. The maximum absolute atomic E-state index is 5.65. The van der Waals surface area contributed by atoms with Crippen molar-refractivity contribution >= 4 is 0 Å². The number of rotatable bonds is 10. The van der Waals surface area contributed by atoms with Crippen molar-refractivity contribution in [3.8, 4) is 5.75 Å². The third kappa shape index (κ3) is 5.16. The van der Waals surface area contributed by atoms with Gasteiger partial charge in [-0.05, 0) is 43.5 Å². The SMILES string of the molecule is CCCCC(CC)C(NC)c1ccc(OCCC)cc1. The van der Waals surface area contributed by atoms with Crippen molar-refractivity contribution in [1.82, 2.24) is 5.32 Å². The molecule has 2 atom stereocenters. The van der Waals surface area contributed by atoms with Crippen molar-refractivity contribution in [2.75, 3.05) is 13.7 Å². The minimum atomic E-state index is 0.451. The van der Waals surface area contributed by atoms with Crippen molar-refractivity contribution < 1.29 is 4.74 Å². The van der Waals surface area contributed by atoms with Gasteiger partial charge in [-0.2, -0.15) is 0 Å². The van der Waals surface area contributed by atoms with E-state index in [0.717, 1.165) is 18.8 Å². The zero-order valence-electron chi connectivity index (χ0n) is 13.6. The number of hydrogen-bond acceptors (Lipinski definition) is 2. The van der Waals surface area contributed by atoms with Gasteiger partial charge in [0.2, 0.25) is 0 Å². The minimum Gasteiger partial charge on any atom is -0.494 e. The maximum atomic E-state index is 5.65. The number of nitrogens with one attached hydrogen (secondary N) is 1. The third-order valence-corrected chi connectivity index (χ3v) is 3.95. The van der Waals surface area contributed by atoms with Gasteiger partial charge in [0.1, 0.15) is 5.75 Å². The second kappa shape index (κ2) is 9.82. The van der Waals surface area contributed by atoms with Crippen LogP contribution in [-0.4, -0.2) is 13.7 Å². The van der Waals surface area contributed by atoms with Crippen LogP contribution in [0.25, 0.3) is 0 Å². The predicted octanol–water partition coefficient (Wildman–Crippen LogP) is 4.95. The van der Waals surface area contributed by atoms with Gasteiger partial charge in [0.25, 0.3) is 0 Å². The maximum Gasteiger partial charge on any atom is 0.119 e. The van der Waals surface area contributed by atoms with E-state index in [9.17, 15) is 0 Å². The fourth-order valence-electron chi connectivity index (χ4n) is 2.74. The standard InChI is InChI=1S/C18H31NO/c1-5-8-9-15(7-3)18(19-4)16-10-12-17(13-11-16)20-14-6-2/h10-13,15,18-19H,5-9,14H2,1-4H3. The Morgan fingerprint density at radius 2 is 1.75 bits per heavy atom. The molecule has 0 aromatic heterocycles. The highest BCUT2D eigenvalue weighted by Crippen LogP contribution is 2.29. The van der Waals surface area contributed by atoms with Crippen molar-refractivity contribution in [3.05, 3.63) is 29.8 Å². The quantitative estimate of drug-likeness (QED) is 0.653. The Bertz CT molecular complexity index is 347. The monoisotopic (exact) mass is 277 g/mol. The fourth-order valence-corrected chi connectivity index (χ4v) is 2.74. The number of benzene rings is 1. The van der Waals surface area contributed by atoms with Crippen molar-refractivity contribution in [3.63, 3.8) is 0 Å². The molecule has 2 unspecified atom stereocenters. The van der Waals surface area contributed by atoms with Crippen LogP contribution in [0.15, 0.2) is 24.3 Å². The molecule has 114 valence electrons. The van der Waals surface area contributed by atoms with Gasteiger partial charge in [-0.25, -0.2) is 0 Å². The topological polar surface area (TPSA) is 21.3 Å². The van der Waals surface area contributed by atoms with Gasteiger partial charge in [0.15, 0.2) is 0 Å². The molecule has 0 saturated heterocycles. The van der Waals surface area contributed by atoms with Gasteiger partial charge in [0, 0.05) is 6.04 Å². The van der Waals surface area contributed by atoms with Gasteiger partial charge >= 0.3 is 0 Å². The summed E-state index contributed by atoms with van der Waals surface area (Å²) in [7, 11) is 2.07. The largest absolute Gasteiger partial charge is 0.494 e. The Balaban J connectivity index is 2.72. The Kier molecular flexibility index (Phi) is 8.36. The van der Waals surface area contributed by atoms with Gasteiger partial charge < -0.3 is 10.1 Å². The lowest BCUT2D eigenvalue weighted by Gasteiger charge is -2.26. The van der Waals surface area contributed by atoms with Crippen LogP contribution in [0.3, 0.4) is 0 Å². The first kappa shape index (κ1) is 17.0. The van der Waals surface area contributed by atoms with E-state index in [1.54, 1.807) is 0 Å². The summed E-state index contributed by atoms with van der Waals surface area (Å²) in [4.78, 5) is 0. The number of hydrogen-bond donors (Lipinski definition) is 1. The smallest absolute Gasteiger partial charge is 0.119 e. The summed E-state index contributed by atoms with van der Waals surface area (Å²) in [5.74, 6) is 1.69. The zero-order chi connectivity index (χ0) is 14.8. The molecule has 0 fully saturated rings. The van der Waals surface area contributed by atoms with Gasteiger partial charge in [-0.15, -0.1) is 0 Å². The van der Waals surface area contributed by atoms with E-state index in [1.807, 2.05) is 0 Å². The normalized spacial score (nSPS) is 14.0. The lowest BCUT2D eigenvalue weighted by atomic mass is 9.87. The second-order valence-corrected chi connectivity index (χ2v) is 5.49. The first-order valence-corrected chi connectivity index (χ1v) is 8.16. The molecule has 0 amide bonds. The molecule has 0 saturated carbocycles. The lowest BCUT2D eigenvalue weighted by Crippen LogP contribution is -2.25. The molecule has 0 radical (unpaired) electrons. The number of ether oxygens (including phenoxy) is 1. The molecule has 0 heterocycles. The van der Waals surface area contributed by atoms with E-state index in [0.29, 0.717) is 12.0 Å². The van der Waals surface area contributed by atoms with E-state index in [4.69, 9.17) is 4.74 Å².